The van der Waals surface area contributed by atoms with Crippen molar-refractivity contribution in [1.29, 1.82) is 0 Å². The van der Waals surface area contributed by atoms with Crippen molar-refractivity contribution in [3.8, 4) is 11.6 Å². The molecule has 0 saturated carbocycles. The van der Waals surface area contributed by atoms with Crippen molar-refractivity contribution in [3.05, 3.63) is 72.6 Å². The van der Waals surface area contributed by atoms with E-state index in [1.807, 2.05) is 24.3 Å². The van der Waals surface area contributed by atoms with E-state index in [2.05, 4.69) is 25.3 Å². The molecule has 5 rings (SSSR count). The smallest absolute Gasteiger partial charge is 0.307 e. The highest BCUT2D eigenvalue weighted by Gasteiger charge is 2.23. The molecular formula is C25H22N6O4. The fourth-order valence-corrected chi connectivity index (χ4v) is 3.97. The topological polar surface area (TPSA) is 159 Å². The highest BCUT2D eigenvalue weighted by Crippen LogP contribution is 2.28. The first-order valence-electron chi connectivity index (χ1n) is 10.9. The number of H-pyrrole nitrogens is 2. The van der Waals surface area contributed by atoms with E-state index in [1.165, 1.54) is 0 Å². The number of nitrogens with zero attached hydrogens (tertiary/aromatic N) is 2. The molecule has 0 spiro atoms. The van der Waals surface area contributed by atoms with Gasteiger partial charge in [0.25, 0.3) is 0 Å². The fraction of sp³-hybridized carbons (Fsp3) is 0.120. The molecule has 0 aliphatic carbocycles. The maximum absolute atomic E-state index is 12.6. The van der Waals surface area contributed by atoms with Gasteiger partial charge in [0.05, 0.1) is 11.3 Å². The molecule has 3 heterocycles. The first-order chi connectivity index (χ1) is 17.0. The van der Waals surface area contributed by atoms with Gasteiger partial charge in [0, 0.05) is 35.4 Å². The van der Waals surface area contributed by atoms with E-state index in [0.29, 0.717) is 28.4 Å². The molecule has 35 heavy (non-hydrogen) atoms. The zero-order valence-electron chi connectivity index (χ0n) is 18.5. The Labute approximate surface area is 199 Å². The Morgan fingerprint density at radius 3 is 2.63 bits per heavy atom. The van der Waals surface area contributed by atoms with Crippen LogP contribution in [0.1, 0.15) is 12.0 Å². The minimum atomic E-state index is -1.02. The summed E-state index contributed by atoms with van der Waals surface area (Å²) in [6, 6.07) is 16.1. The Kier molecular flexibility index (Phi) is 5.76. The second-order valence-corrected chi connectivity index (χ2v) is 8.10. The van der Waals surface area contributed by atoms with Gasteiger partial charge in [-0.3, -0.25) is 9.59 Å². The van der Waals surface area contributed by atoms with E-state index in [1.54, 1.807) is 42.7 Å². The van der Waals surface area contributed by atoms with Crippen molar-refractivity contribution in [2.45, 2.75) is 12.8 Å². The number of carboxylic acid groups (broad SMARTS) is 1. The number of fused-ring (bicyclic) bond motifs is 2. The average molecular weight is 470 g/mol. The number of para-hydroxylation sites is 1. The van der Waals surface area contributed by atoms with Crippen LogP contribution in [0.25, 0.3) is 21.9 Å². The largest absolute Gasteiger partial charge is 0.481 e. The lowest BCUT2D eigenvalue weighted by atomic mass is 9.95. The summed E-state index contributed by atoms with van der Waals surface area (Å²) in [4.78, 5) is 38.8. The lowest BCUT2D eigenvalue weighted by molar-refractivity contribution is -0.143. The van der Waals surface area contributed by atoms with Crippen molar-refractivity contribution in [3.63, 3.8) is 0 Å². The lowest BCUT2D eigenvalue weighted by Gasteiger charge is -2.13. The number of anilines is 2. The Morgan fingerprint density at radius 1 is 1.03 bits per heavy atom. The third kappa shape index (κ3) is 4.76. The van der Waals surface area contributed by atoms with Crippen LogP contribution in [0.5, 0.6) is 11.6 Å². The highest BCUT2D eigenvalue weighted by atomic mass is 16.5. The Bertz CT molecular complexity index is 1520. The third-order valence-electron chi connectivity index (χ3n) is 5.67. The van der Waals surface area contributed by atoms with E-state index in [0.717, 1.165) is 16.5 Å². The molecule has 0 saturated heterocycles. The van der Waals surface area contributed by atoms with E-state index < -0.39 is 11.9 Å². The predicted octanol–water partition coefficient (Wildman–Crippen LogP) is 4.09. The molecule has 0 bridgehead atoms. The summed E-state index contributed by atoms with van der Waals surface area (Å²) < 4.78 is 5.84. The Hall–Kier alpha value is -4.86. The van der Waals surface area contributed by atoms with E-state index in [4.69, 9.17) is 10.5 Å². The van der Waals surface area contributed by atoms with E-state index in [9.17, 15) is 14.7 Å². The van der Waals surface area contributed by atoms with Crippen LogP contribution in [0.2, 0.25) is 0 Å². The molecule has 176 valence electrons. The molecule has 0 unspecified atom stereocenters. The van der Waals surface area contributed by atoms with Crippen LogP contribution in [0.3, 0.4) is 0 Å². The van der Waals surface area contributed by atoms with Gasteiger partial charge in [0.1, 0.15) is 11.4 Å². The molecule has 0 aliphatic heterocycles. The molecule has 0 aliphatic rings. The Morgan fingerprint density at radius 2 is 1.83 bits per heavy atom. The summed E-state index contributed by atoms with van der Waals surface area (Å²) in [6.45, 7) is 0. The van der Waals surface area contributed by atoms with Gasteiger partial charge in [0.2, 0.25) is 17.7 Å². The van der Waals surface area contributed by atoms with Crippen LogP contribution in [0.15, 0.2) is 67.0 Å². The number of nitrogen functional groups attached to an aromatic ring is 1. The normalized spacial score (nSPS) is 12.0. The van der Waals surface area contributed by atoms with E-state index in [-0.39, 0.29) is 24.7 Å². The molecular weight excluding hydrogens is 448 g/mol. The van der Waals surface area contributed by atoms with Crippen LogP contribution in [-0.4, -0.2) is 36.9 Å². The van der Waals surface area contributed by atoms with Crippen molar-refractivity contribution in [1.82, 2.24) is 19.9 Å². The van der Waals surface area contributed by atoms with Gasteiger partial charge < -0.3 is 30.9 Å². The molecule has 0 radical (unpaired) electrons. The number of ether oxygens (including phenoxy) is 1. The first kappa shape index (κ1) is 22.0. The number of benzene rings is 2. The molecule has 3 aromatic heterocycles. The predicted molar refractivity (Wildman–Crippen MR) is 131 cm³/mol. The maximum Gasteiger partial charge on any atom is 0.307 e. The summed E-state index contributed by atoms with van der Waals surface area (Å²) in [5, 5.41) is 14.1. The zero-order valence-corrected chi connectivity index (χ0v) is 18.5. The minimum absolute atomic E-state index is 0.0828. The number of rotatable bonds is 8. The van der Waals surface area contributed by atoms with Gasteiger partial charge in [-0.2, -0.15) is 9.97 Å². The van der Waals surface area contributed by atoms with Crippen LogP contribution in [0, 0.1) is 5.92 Å². The number of hydrogen-bond acceptors (Lipinski definition) is 6. The number of carbonyl (C=O) groups excluding carboxylic acids is 1. The summed E-state index contributed by atoms with van der Waals surface area (Å²) in [5.41, 5.74) is 8.62. The minimum Gasteiger partial charge on any atom is -0.481 e. The second-order valence-electron chi connectivity index (χ2n) is 8.10. The van der Waals surface area contributed by atoms with Crippen LogP contribution in [0.4, 0.5) is 11.6 Å². The number of amides is 1. The van der Waals surface area contributed by atoms with Gasteiger partial charge in [0.15, 0.2) is 0 Å². The number of aliphatic carboxylic acids is 1. The van der Waals surface area contributed by atoms with Gasteiger partial charge in [-0.15, -0.1) is 0 Å². The first-order valence-corrected chi connectivity index (χ1v) is 10.9. The van der Waals surface area contributed by atoms with Crippen molar-refractivity contribution < 1.29 is 19.4 Å². The molecule has 5 aromatic rings. The van der Waals surface area contributed by atoms with Crippen LogP contribution >= 0.6 is 0 Å². The summed E-state index contributed by atoms with van der Waals surface area (Å²) in [7, 11) is 0. The average Bonchev–Trinajstić information content (AvgIpc) is 3.47. The van der Waals surface area contributed by atoms with Gasteiger partial charge in [-0.1, -0.05) is 18.2 Å². The van der Waals surface area contributed by atoms with Crippen LogP contribution < -0.4 is 15.8 Å². The van der Waals surface area contributed by atoms with Gasteiger partial charge in [-0.05, 0) is 48.4 Å². The van der Waals surface area contributed by atoms with Crippen molar-refractivity contribution in [2.24, 2.45) is 5.92 Å². The quantitative estimate of drug-likeness (QED) is 0.228. The summed E-state index contributed by atoms with van der Waals surface area (Å²) in [5.74, 6) is -1.38. The standard InChI is InChI=1S/C25H22N6O4/c26-25-30-22-19(9-10-27-22)23(31-25)35-17-7-5-16(6-8-17)29-21(32)12-14(24(33)34)11-15-13-28-20-4-2-1-3-18(15)20/h1-10,13-14,28H,11-12H2,(H,29,32)(H,33,34)(H3,26,27,30,31)/t14-/m1/s1. The number of carbonyl (C=O) groups is 2. The molecule has 2 aromatic carbocycles. The molecule has 0 fully saturated rings. The molecule has 10 nitrogen and oxygen atoms in total. The van der Waals surface area contributed by atoms with Crippen molar-refractivity contribution in [2.75, 3.05) is 11.1 Å². The Balaban J connectivity index is 1.23. The summed E-state index contributed by atoms with van der Waals surface area (Å²) >= 11 is 0. The monoisotopic (exact) mass is 470 g/mol. The molecule has 1 amide bonds. The lowest BCUT2D eigenvalue weighted by Crippen LogP contribution is -2.24. The molecule has 10 heteroatoms. The number of aromatic nitrogens is 4. The zero-order chi connectivity index (χ0) is 24.4. The number of nitrogens with two attached hydrogens (primary N) is 1. The number of aromatic amines is 2. The third-order valence-corrected chi connectivity index (χ3v) is 5.67. The number of hydrogen-bond donors (Lipinski definition) is 5. The molecule has 6 N–H and O–H groups in total. The van der Waals surface area contributed by atoms with Gasteiger partial charge in [-0.25, -0.2) is 0 Å². The summed E-state index contributed by atoms with van der Waals surface area (Å²) in [6.07, 6.45) is 3.60. The molecule has 1 atom stereocenters. The second kappa shape index (κ2) is 9.18. The van der Waals surface area contributed by atoms with Gasteiger partial charge >= 0.3 is 5.97 Å². The maximum atomic E-state index is 12.6. The van der Waals surface area contributed by atoms with E-state index >= 15 is 0 Å². The number of nitrogens with one attached hydrogen (secondary N) is 3. The van der Waals surface area contributed by atoms with Crippen molar-refractivity contribution >= 4 is 45.4 Å². The number of carboxylic acids is 1. The fourth-order valence-electron chi connectivity index (χ4n) is 3.97. The highest BCUT2D eigenvalue weighted by molar-refractivity contribution is 5.93. The van der Waals surface area contributed by atoms with Crippen LogP contribution in [-0.2, 0) is 16.0 Å². The SMILES string of the molecule is Nc1nc(Oc2ccc(NC(=O)C[C@@H](Cc3c[nH]c4ccccc34)C(=O)O)cc2)c2cc[nH]c2n1.